The second-order valence-corrected chi connectivity index (χ2v) is 5.12. The van der Waals surface area contributed by atoms with E-state index in [4.69, 9.17) is 0 Å². The average Bonchev–Trinajstić information content (AvgIpc) is 2.98. The van der Waals surface area contributed by atoms with Gasteiger partial charge in [-0.25, -0.2) is 4.39 Å². The van der Waals surface area contributed by atoms with Gasteiger partial charge < -0.3 is 4.90 Å². The number of anilines is 1. The fourth-order valence-electron chi connectivity index (χ4n) is 2.18. The summed E-state index contributed by atoms with van der Waals surface area (Å²) in [5, 5.41) is 7.32. The number of halogens is 1. The zero-order valence-corrected chi connectivity index (χ0v) is 12.0. The summed E-state index contributed by atoms with van der Waals surface area (Å²) >= 11 is 0. The first-order valence-corrected chi connectivity index (χ1v) is 6.72. The van der Waals surface area contributed by atoms with Gasteiger partial charge in [0, 0.05) is 25.3 Å². The van der Waals surface area contributed by atoms with Crippen molar-refractivity contribution in [3.63, 3.8) is 0 Å². The second-order valence-electron chi connectivity index (χ2n) is 5.12. The molecule has 3 rings (SSSR count). The van der Waals surface area contributed by atoms with Gasteiger partial charge >= 0.3 is 0 Å². The number of aromatic nitrogens is 2. The van der Waals surface area contributed by atoms with Gasteiger partial charge in [0.2, 0.25) is 0 Å². The molecule has 0 radical (unpaired) electrons. The van der Waals surface area contributed by atoms with Crippen LogP contribution in [0.4, 0.5) is 10.1 Å². The monoisotopic (exact) mass is 281 g/mol. The van der Waals surface area contributed by atoms with Crippen molar-refractivity contribution in [2.45, 2.75) is 0 Å². The van der Waals surface area contributed by atoms with Crippen LogP contribution in [0.5, 0.6) is 0 Å². The van der Waals surface area contributed by atoms with Gasteiger partial charge in [0.25, 0.3) is 0 Å². The Morgan fingerprint density at radius 3 is 2.14 bits per heavy atom. The predicted molar refractivity (Wildman–Crippen MR) is 83.7 cm³/mol. The lowest BCUT2D eigenvalue weighted by Crippen LogP contribution is -2.07. The Kier molecular flexibility index (Phi) is 3.44. The smallest absolute Gasteiger partial charge is 0.123 e. The summed E-state index contributed by atoms with van der Waals surface area (Å²) in [5.41, 5.74) is 4.86. The number of nitrogens with zero attached hydrogens (tertiary/aromatic N) is 2. The number of nitrogens with one attached hydrogen (secondary N) is 1. The summed E-state index contributed by atoms with van der Waals surface area (Å²) in [5.74, 6) is -0.238. The molecule has 0 unspecified atom stereocenters. The molecule has 106 valence electrons. The van der Waals surface area contributed by atoms with Crippen LogP contribution in [0.15, 0.2) is 54.6 Å². The molecule has 0 spiro atoms. The standard InChI is InChI=1S/C17H16FN3/c1-21(2)15-9-5-13(6-10-15)17-11-16(19-20-17)12-3-7-14(18)8-4-12/h3-11H,1-2H3,(H,19,20). The zero-order chi connectivity index (χ0) is 14.8. The Balaban J connectivity index is 1.89. The van der Waals surface area contributed by atoms with Crippen LogP contribution < -0.4 is 4.90 Å². The highest BCUT2D eigenvalue weighted by molar-refractivity contribution is 5.69. The molecule has 0 saturated heterocycles. The molecule has 1 N–H and O–H groups in total. The molecule has 1 aromatic heterocycles. The van der Waals surface area contributed by atoms with Gasteiger partial charge in [0.05, 0.1) is 11.4 Å². The van der Waals surface area contributed by atoms with Crippen molar-refractivity contribution < 1.29 is 4.39 Å². The Bertz CT molecular complexity index is 727. The van der Waals surface area contributed by atoms with E-state index in [1.807, 2.05) is 32.3 Å². The summed E-state index contributed by atoms with van der Waals surface area (Å²) in [6, 6.07) is 16.5. The molecule has 3 aromatic rings. The van der Waals surface area contributed by atoms with Gasteiger partial charge in [-0.1, -0.05) is 12.1 Å². The normalized spacial score (nSPS) is 10.6. The number of hydrogen-bond acceptors (Lipinski definition) is 2. The highest BCUT2D eigenvalue weighted by Crippen LogP contribution is 2.25. The minimum Gasteiger partial charge on any atom is -0.378 e. The molecule has 21 heavy (non-hydrogen) atoms. The predicted octanol–water partition coefficient (Wildman–Crippen LogP) is 3.95. The van der Waals surface area contributed by atoms with E-state index >= 15 is 0 Å². The first kappa shape index (κ1) is 13.4. The number of aromatic amines is 1. The minimum absolute atomic E-state index is 0.238. The molecule has 0 aliphatic heterocycles. The third-order valence-electron chi connectivity index (χ3n) is 3.41. The van der Waals surface area contributed by atoms with Gasteiger partial charge in [-0.2, -0.15) is 5.10 Å². The zero-order valence-electron chi connectivity index (χ0n) is 12.0. The van der Waals surface area contributed by atoms with Crippen molar-refractivity contribution in [3.8, 4) is 22.5 Å². The topological polar surface area (TPSA) is 31.9 Å². The van der Waals surface area contributed by atoms with E-state index in [-0.39, 0.29) is 5.82 Å². The van der Waals surface area contributed by atoms with Crippen LogP contribution in [-0.4, -0.2) is 24.3 Å². The maximum Gasteiger partial charge on any atom is 0.123 e. The first-order valence-electron chi connectivity index (χ1n) is 6.72. The third kappa shape index (κ3) is 2.79. The van der Waals surface area contributed by atoms with Crippen LogP contribution in [0.25, 0.3) is 22.5 Å². The second kappa shape index (κ2) is 5.40. The summed E-state index contributed by atoms with van der Waals surface area (Å²) < 4.78 is 12.9. The molecule has 2 aromatic carbocycles. The highest BCUT2D eigenvalue weighted by Gasteiger charge is 2.06. The van der Waals surface area contributed by atoms with E-state index in [2.05, 4.69) is 27.2 Å². The molecule has 1 heterocycles. The molecule has 0 atom stereocenters. The van der Waals surface area contributed by atoms with Gasteiger partial charge in [-0.05, 0) is 48.0 Å². The van der Waals surface area contributed by atoms with Crippen LogP contribution in [0.2, 0.25) is 0 Å². The Hall–Kier alpha value is -2.62. The molecule has 0 saturated carbocycles. The van der Waals surface area contributed by atoms with Crippen LogP contribution >= 0.6 is 0 Å². The summed E-state index contributed by atoms with van der Waals surface area (Å²) in [6.45, 7) is 0. The van der Waals surface area contributed by atoms with Gasteiger partial charge in [-0.15, -0.1) is 0 Å². The summed E-state index contributed by atoms with van der Waals surface area (Å²) in [7, 11) is 4.02. The number of rotatable bonds is 3. The van der Waals surface area contributed by atoms with Crippen molar-refractivity contribution in [1.82, 2.24) is 10.2 Å². The highest BCUT2D eigenvalue weighted by atomic mass is 19.1. The van der Waals surface area contributed by atoms with Gasteiger partial charge in [0.1, 0.15) is 5.82 Å². The van der Waals surface area contributed by atoms with Crippen molar-refractivity contribution >= 4 is 5.69 Å². The molecule has 0 aliphatic carbocycles. The fourth-order valence-corrected chi connectivity index (χ4v) is 2.18. The number of H-pyrrole nitrogens is 1. The fraction of sp³-hybridized carbons (Fsp3) is 0.118. The quantitative estimate of drug-likeness (QED) is 0.788. The van der Waals surface area contributed by atoms with E-state index in [0.29, 0.717) is 0 Å². The largest absolute Gasteiger partial charge is 0.378 e. The van der Waals surface area contributed by atoms with Crippen molar-refractivity contribution in [3.05, 3.63) is 60.4 Å². The first-order chi connectivity index (χ1) is 10.1. The molecule has 0 amide bonds. The molecule has 3 nitrogen and oxygen atoms in total. The van der Waals surface area contributed by atoms with Gasteiger partial charge in [0.15, 0.2) is 0 Å². The van der Waals surface area contributed by atoms with E-state index in [1.54, 1.807) is 12.1 Å². The van der Waals surface area contributed by atoms with Crippen LogP contribution in [0.1, 0.15) is 0 Å². The Labute approximate surface area is 123 Å². The van der Waals surface area contributed by atoms with E-state index < -0.39 is 0 Å². The third-order valence-corrected chi connectivity index (χ3v) is 3.41. The average molecular weight is 281 g/mol. The molecule has 0 fully saturated rings. The van der Waals surface area contributed by atoms with E-state index in [1.165, 1.54) is 12.1 Å². The van der Waals surface area contributed by atoms with Crippen LogP contribution in [0, 0.1) is 5.82 Å². The summed E-state index contributed by atoms with van der Waals surface area (Å²) in [4.78, 5) is 2.05. The molecular formula is C17H16FN3. The molecule has 4 heteroatoms. The molecule has 0 bridgehead atoms. The lowest BCUT2D eigenvalue weighted by Gasteiger charge is -2.11. The number of hydrogen-bond donors (Lipinski definition) is 1. The van der Waals surface area contributed by atoms with Crippen molar-refractivity contribution in [2.75, 3.05) is 19.0 Å². The lowest BCUT2D eigenvalue weighted by atomic mass is 10.1. The minimum atomic E-state index is -0.238. The maximum atomic E-state index is 12.9. The molecule has 0 aliphatic rings. The SMILES string of the molecule is CN(C)c1ccc(-c2cc(-c3ccc(F)cc3)[nH]n2)cc1. The van der Waals surface area contributed by atoms with Crippen molar-refractivity contribution in [2.24, 2.45) is 0 Å². The van der Waals surface area contributed by atoms with Crippen LogP contribution in [-0.2, 0) is 0 Å². The maximum absolute atomic E-state index is 12.9. The van der Waals surface area contributed by atoms with E-state index in [9.17, 15) is 4.39 Å². The summed E-state index contributed by atoms with van der Waals surface area (Å²) in [6.07, 6.45) is 0. The van der Waals surface area contributed by atoms with Gasteiger partial charge in [-0.3, -0.25) is 5.10 Å². The Morgan fingerprint density at radius 2 is 1.52 bits per heavy atom. The molecular weight excluding hydrogens is 265 g/mol. The van der Waals surface area contributed by atoms with E-state index in [0.717, 1.165) is 28.2 Å². The lowest BCUT2D eigenvalue weighted by molar-refractivity contribution is 0.628. The Morgan fingerprint density at radius 1 is 0.905 bits per heavy atom. The van der Waals surface area contributed by atoms with Crippen LogP contribution in [0.3, 0.4) is 0 Å². The number of benzene rings is 2. The van der Waals surface area contributed by atoms with Crippen molar-refractivity contribution in [1.29, 1.82) is 0 Å².